The van der Waals surface area contributed by atoms with Gasteiger partial charge in [0.25, 0.3) is 0 Å². The summed E-state index contributed by atoms with van der Waals surface area (Å²) in [6, 6.07) is 2.89. The molecular formula is C27H47N. The van der Waals surface area contributed by atoms with Crippen molar-refractivity contribution in [1.29, 1.82) is 5.26 Å². The maximum Gasteiger partial charge on any atom is 0.0692 e. The minimum atomic E-state index is 0.0592. The predicted octanol–water partition coefficient (Wildman–Crippen LogP) is 8.68. The molecule has 0 radical (unpaired) electrons. The van der Waals surface area contributed by atoms with Crippen LogP contribution < -0.4 is 0 Å². The highest BCUT2D eigenvalue weighted by Crippen LogP contribution is 2.56. The van der Waals surface area contributed by atoms with E-state index in [2.05, 4.69) is 19.9 Å². The fourth-order valence-electron chi connectivity index (χ4n) is 7.24. The lowest BCUT2D eigenvalue weighted by molar-refractivity contribution is 0.0147. The standard InChI is InChI=1S/C27H47N/c1-3-5-7-8-10-22-11-14-24(15-12-22)25-17-18-27(21-28)20-23(9-6-4-2)13-16-26(27)19-25/h22-26H,3-20H2,1-2H3/t22?,23-,24?,25?,26-,27-/m1/s1. The second kappa shape index (κ2) is 11.0. The lowest BCUT2D eigenvalue weighted by atomic mass is 9.53. The van der Waals surface area contributed by atoms with E-state index in [9.17, 15) is 5.26 Å². The number of hydrogen-bond acceptors (Lipinski definition) is 1. The molecule has 3 rings (SSSR count). The molecule has 3 fully saturated rings. The Morgan fingerprint density at radius 2 is 1.46 bits per heavy atom. The van der Waals surface area contributed by atoms with Crippen molar-refractivity contribution in [3.63, 3.8) is 0 Å². The molecule has 1 nitrogen and oxygen atoms in total. The normalized spacial score (nSPS) is 38.5. The Balaban J connectivity index is 1.45. The highest BCUT2D eigenvalue weighted by Gasteiger charge is 2.48. The second-order valence-electron chi connectivity index (χ2n) is 10.9. The largest absolute Gasteiger partial charge is 0.198 e. The molecule has 0 aromatic heterocycles. The van der Waals surface area contributed by atoms with Gasteiger partial charge in [0.2, 0.25) is 0 Å². The van der Waals surface area contributed by atoms with Crippen molar-refractivity contribution < 1.29 is 0 Å². The summed E-state index contributed by atoms with van der Waals surface area (Å²) in [5.74, 6) is 4.53. The van der Waals surface area contributed by atoms with E-state index < -0.39 is 0 Å². The van der Waals surface area contributed by atoms with E-state index in [-0.39, 0.29) is 5.41 Å². The minimum Gasteiger partial charge on any atom is -0.198 e. The van der Waals surface area contributed by atoms with Crippen molar-refractivity contribution in [3.8, 4) is 6.07 Å². The highest BCUT2D eigenvalue weighted by molar-refractivity contribution is 5.09. The molecule has 0 spiro atoms. The molecule has 3 aliphatic rings. The zero-order valence-electron chi connectivity index (χ0n) is 19.1. The van der Waals surface area contributed by atoms with Crippen molar-refractivity contribution in [1.82, 2.24) is 0 Å². The Morgan fingerprint density at radius 3 is 2.18 bits per heavy atom. The predicted molar refractivity (Wildman–Crippen MR) is 120 cm³/mol. The van der Waals surface area contributed by atoms with Gasteiger partial charge < -0.3 is 0 Å². The molecule has 4 atom stereocenters. The van der Waals surface area contributed by atoms with Gasteiger partial charge in [0.05, 0.1) is 11.5 Å². The van der Waals surface area contributed by atoms with Gasteiger partial charge in [-0.1, -0.05) is 84.5 Å². The van der Waals surface area contributed by atoms with Gasteiger partial charge in [-0.2, -0.15) is 5.26 Å². The Bertz CT molecular complexity index is 483. The van der Waals surface area contributed by atoms with Crippen molar-refractivity contribution in [2.45, 2.75) is 129 Å². The molecule has 0 amide bonds. The molecule has 3 saturated carbocycles. The van der Waals surface area contributed by atoms with Crippen molar-refractivity contribution in [3.05, 3.63) is 0 Å². The topological polar surface area (TPSA) is 23.8 Å². The molecule has 160 valence electrons. The first-order chi connectivity index (χ1) is 13.7. The van der Waals surface area contributed by atoms with Gasteiger partial charge in [-0.05, 0) is 74.5 Å². The number of nitriles is 1. The summed E-state index contributed by atoms with van der Waals surface area (Å²) in [5, 5.41) is 10.1. The lowest BCUT2D eigenvalue weighted by Gasteiger charge is -2.50. The second-order valence-corrected chi connectivity index (χ2v) is 10.9. The summed E-state index contributed by atoms with van der Waals surface area (Å²) in [6.45, 7) is 4.62. The van der Waals surface area contributed by atoms with E-state index in [4.69, 9.17) is 0 Å². The van der Waals surface area contributed by atoms with Crippen LogP contribution in [-0.4, -0.2) is 0 Å². The van der Waals surface area contributed by atoms with Gasteiger partial charge in [-0.3, -0.25) is 0 Å². The van der Waals surface area contributed by atoms with Crippen LogP contribution >= 0.6 is 0 Å². The summed E-state index contributed by atoms with van der Waals surface area (Å²) in [4.78, 5) is 0. The molecule has 0 saturated heterocycles. The van der Waals surface area contributed by atoms with Crippen LogP contribution in [0.5, 0.6) is 0 Å². The Hall–Kier alpha value is -0.510. The van der Waals surface area contributed by atoms with Crippen LogP contribution in [0.15, 0.2) is 0 Å². The maximum atomic E-state index is 10.1. The quantitative estimate of drug-likeness (QED) is 0.364. The first-order valence-electron chi connectivity index (χ1n) is 13.1. The fourth-order valence-corrected chi connectivity index (χ4v) is 7.24. The number of unbranched alkanes of at least 4 members (excludes halogenated alkanes) is 4. The molecule has 1 heteroatoms. The third-order valence-corrected chi connectivity index (χ3v) is 9.12. The van der Waals surface area contributed by atoms with E-state index in [1.54, 1.807) is 0 Å². The number of rotatable bonds is 9. The Labute approximate surface area is 176 Å². The van der Waals surface area contributed by atoms with Crippen molar-refractivity contribution in [2.24, 2.45) is 35.0 Å². The molecule has 0 bridgehead atoms. The number of nitrogens with zero attached hydrogens (tertiary/aromatic N) is 1. The van der Waals surface area contributed by atoms with E-state index in [0.29, 0.717) is 0 Å². The molecule has 28 heavy (non-hydrogen) atoms. The zero-order valence-corrected chi connectivity index (χ0v) is 19.1. The average molecular weight is 386 g/mol. The minimum absolute atomic E-state index is 0.0592. The van der Waals surface area contributed by atoms with Crippen LogP contribution in [0, 0.1) is 46.3 Å². The van der Waals surface area contributed by atoms with Crippen LogP contribution in [0.1, 0.15) is 129 Å². The molecule has 0 aromatic rings. The number of hydrogen-bond donors (Lipinski definition) is 0. The summed E-state index contributed by atoms with van der Waals surface area (Å²) in [6.07, 6.45) is 25.2. The van der Waals surface area contributed by atoms with Crippen LogP contribution in [-0.2, 0) is 0 Å². The average Bonchev–Trinajstić information content (AvgIpc) is 2.75. The number of fused-ring (bicyclic) bond motifs is 1. The van der Waals surface area contributed by atoms with Gasteiger partial charge in [-0.25, -0.2) is 0 Å². The smallest absolute Gasteiger partial charge is 0.0692 e. The van der Waals surface area contributed by atoms with Crippen LogP contribution in [0.25, 0.3) is 0 Å². The van der Waals surface area contributed by atoms with Crippen LogP contribution in [0.4, 0.5) is 0 Å². The van der Waals surface area contributed by atoms with Gasteiger partial charge in [0.1, 0.15) is 0 Å². The molecule has 3 aliphatic carbocycles. The van der Waals surface area contributed by atoms with Gasteiger partial charge in [-0.15, -0.1) is 0 Å². The van der Waals surface area contributed by atoms with E-state index in [1.807, 2.05) is 0 Å². The Kier molecular flexibility index (Phi) is 8.74. The van der Waals surface area contributed by atoms with Crippen molar-refractivity contribution in [2.75, 3.05) is 0 Å². The molecule has 0 N–H and O–H groups in total. The van der Waals surface area contributed by atoms with E-state index >= 15 is 0 Å². The molecule has 0 aliphatic heterocycles. The van der Waals surface area contributed by atoms with Crippen molar-refractivity contribution >= 4 is 0 Å². The lowest BCUT2D eigenvalue weighted by Crippen LogP contribution is -2.42. The molecule has 0 aromatic carbocycles. The third-order valence-electron chi connectivity index (χ3n) is 9.12. The highest BCUT2D eigenvalue weighted by atomic mass is 14.5. The summed E-state index contributed by atoms with van der Waals surface area (Å²) in [7, 11) is 0. The maximum absolute atomic E-state index is 10.1. The summed E-state index contributed by atoms with van der Waals surface area (Å²) in [5.41, 5.74) is 0.0592. The van der Waals surface area contributed by atoms with Crippen LogP contribution in [0.2, 0.25) is 0 Å². The molecule has 1 unspecified atom stereocenters. The summed E-state index contributed by atoms with van der Waals surface area (Å²) >= 11 is 0. The first kappa shape index (κ1) is 22.2. The van der Waals surface area contributed by atoms with Gasteiger partial charge >= 0.3 is 0 Å². The Morgan fingerprint density at radius 1 is 0.750 bits per heavy atom. The van der Waals surface area contributed by atoms with Crippen LogP contribution in [0.3, 0.4) is 0 Å². The van der Waals surface area contributed by atoms with E-state index in [0.717, 1.165) is 29.6 Å². The van der Waals surface area contributed by atoms with E-state index in [1.165, 1.54) is 116 Å². The monoisotopic (exact) mass is 385 g/mol. The van der Waals surface area contributed by atoms with Gasteiger partial charge in [0, 0.05) is 0 Å². The molecular weight excluding hydrogens is 338 g/mol. The zero-order chi connectivity index (χ0) is 19.8. The fraction of sp³-hybridized carbons (Fsp3) is 0.963. The third kappa shape index (κ3) is 5.55. The first-order valence-corrected chi connectivity index (χ1v) is 13.1. The molecule has 0 heterocycles. The SMILES string of the molecule is CCCCCCC1CCC(C2CC[C@]3(C#N)C[C@H](CCCC)CC[C@@H]3C2)CC1. The summed E-state index contributed by atoms with van der Waals surface area (Å²) < 4.78 is 0. The van der Waals surface area contributed by atoms with Gasteiger partial charge in [0.15, 0.2) is 0 Å².